The number of aromatic nitrogens is 2. The molecule has 0 amide bonds. The minimum Gasteiger partial charge on any atom is -0.326 e. The molecule has 0 bridgehead atoms. The monoisotopic (exact) mass is 237 g/mol. The van der Waals surface area contributed by atoms with Crippen molar-refractivity contribution >= 4 is 10.9 Å². The van der Waals surface area contributed by atoms with E-state index in [-0.39, 0.29) is 0 Å². The van der Waals surface area contributed by atoms with Crippen LogP contribution in [0.1, 0.15) is 11.1 Å². The lowest BCUT2D eigenvalue weighted by molar-refractivity contribution is 0.695. The van der Waals surface area contributed by atoms with Crippen LogP contribution in [0.15, 0.2) is 54.7 Å². The molecule has 1 aromatic heterocycles. The average Bonchev–Trinajstić information content (AvgIpc) is 2.80. The fraction of sp³-hybridized carbons (Fsp3) is 0.133. The van der Waals surface area contributed by atoms with Gasteiger partial charge in [0.25, 0.3) is 0 Å². The van der Waals surface area contributed by atoms with Gasteiger partial charge in [0.15, 0.2) is 0 Å². The van der Waals surface area contributed by atoms with E-state index in [4.69, 9.17) is 5.73 Å². The molecule has 3 aromatic rings. The molecule has 0 atom stereocenters. The molecule has 0 fully saturated rings. The molecule has 2 aromatic carbocycles. The van der Waals surface area contributed by atoms with Gasteiger partial charge in [-0.2, -0.15) is 5.10 Å². The van der Waals surface area contributed by atoms with Gasteiger partial charge in [0.2, 0.25) is 0 Å². The van der Waals surface area contributed by atoms with Crippen LogP contribution < -0.4 is 5.73 Å². The summed E-state index contributed by atoms with van der Waals surface area (Å²) >= 11 is 0. The lowest BCUT2D eigenvalue weighted by atomic mass is 10.2. The molecule has 0 unspecified atom stereocenters. The molecule has 0 aliphatic rings. The van der Waals surface area contributed by atoms with E-state index in [2.05, 4.69) is 41.6 Å². The molecule has 0 aliphatic carbocycles. The zero-order valence-electron chi connectivity index (χ0n) is 10.1. The number of nitrogens with two attached hydrogens (primary N) is 1. The second-order valence-corrected chi connectivity index (χ2v) is 4.41. The summed E-state index contributed by atoms with van der Waals surface area (Å²) in [4.78, 5) is 0. The van der Waals surface area contributed by atoms with Crippen molar-refractivity contribution in [2.24, 2.45) is 5.73 Å². The van der Waals surface area contributed by atoms with Gasteiger partial charge in [-0.05, 0) is 17.2 Å². The maximum atomic E-state index is 5.64. The van der Waals surface area contributed by atoms with Gasteiger partial charge in [-0.25, -0.2) is 0 Å². The summed E-state index contributed by atoms with van der Waals surface area (Å²) in [6.07, 6.45) is 2.07. The molecule has 3 nitrogen and oxygen atoms in total. The fourth-order valence-corrected chi connectivity index (χ4v) is 2.09. The Morgan fingerprint density at radius 1 is 1.00 bits per heavy atom. The van der Waals surface area contributed by atoms with Gasteiger partial charge in [0, 0.05) is 18.1 Å². The summed E-state index contributed by atoms with van der Waals surface area (Å²) in [5.74, 6) is 0. The van der Waals surface area contributed by atoms with Crippen LogP contribution in [0.4, 0.5) is 0 Å². The summed E-state index contributed by atoms with van der Waals surface area (Å²) in [6, 6.07) is 16.5. The summed E-state index contributed by atoms with van der Waals surface area (Å²) in [7, 11) is 0. The lowest BCUT2D eigenvalue weighted by Crippen LogP contribution is -1.99. The van der Waals surface area contributed by atoms with Crippen molar-refractivity contribution in [1.82, 2.24) is 9.78 Å². The van der Waals surface area contributed by atoms with E-state index < -0.39 is 0 Å². The summed E-state index contributed by atoms with van der Waals surface area (Å²) < 4.78 is 1.97. The number of rotatable bonds is 3. The van der Waals surface area contributed by atoms with Crippen molar-refractivity contribution < 1.29 is 0 Å². The molecular weight excluding hydrogens is 222 g/mol. The highest BCUT2D eigenvalue weighted by molar-refractivity contribution is 5.78. The van der Waals surface area contributed by atoms with E-state index in [1.807, 2.05) is 22.9 Å². The number of fused-ring (bicyclic) bond motifs is 1. The predicted molar refractivity (Wildman–Crippen MR) is 73.2 cm³/mol. The number of nitrogens with zero attached hydrogens (tertiary/aromatic N) is 2. The highest BCUT2D eigenvalue weighted by Gasteiger charge is 2.02. The van der Waals surface area contributed by atoms with Gasteiger partial charge < -0.3 is 5.73 Å². The minimum absolute atomic E-state index is 0.557. The van der Waals surface area contributed by atoms with E-state index in [0.717, 1.165) is 23.0 Å². The number of hydrogen-bond acceptors (Lipinski definition) is 2. The van der Waals surface area contributed by atoms with Crippen LogP contribution in [0.25, 0.3) is 10.9 Å². The normalized spacial score (nSPS) is 10.9. The summed E-state index contributed by atoms with van der Waals surface area (Å²) in [5.41, 5.74) is 9.02. The van der Waals surface area contributed by atoms with Crippen molar-refractivity contribution in [3.05, 3.63) is 65.9 Å². The van der Waals surface area contributed by atoms with Gasteiger partial charge in [0.1, 0.15) is 0 Å². The predicted octanol–water partition coefficient (Wildman–Crippen LogP) is 2.54. The highest BCUT2D eigenvalue weighted by atomic mass is 15.3. The first-order valence-corrected chi connectivity index (χ1v) is 6.05. The Morgan fingerprint density at radius 2 is 1.83 bits per heavy atom. The van der Waals surface area contributed by atoms with Crippen LogP contribution in [0.5, 0.6) is 0 Å². The van der Waals surface area contributed by atoms with Crippen LogP contribution in [-0.4, -0.2) is 9.78 Å². The molecule has 0 aliphatic heterocycles. The Balaban J connectivity index is 1.94. The standard InChI is InChI=1S/C15H15N3/c16-9-13-6-7-14-11-18(17-15(14)8-13)10-12-4-2-1-3-5-12/h1-8,11H,9-10,16H2. The molecule has 0 spiro atoms. The van der Waals surface area contributed by atoms with Crippen molar-refractivity contribution in [3.8, 4) is 0 Å². The molecule has 2 N–H and O–H groups in total. The maximum absolute atomic E-state index is 5.64. The zero-order valence-corrected chi connectivity index (χ0v) is 10.1. The van der Waals surface area contributed by atoms with Crippen LogP contribution in [0, 0.1) is 0 Å². The summed E-state index contributed by atoms with van der Waals surface area (Å²) in [5, 5.41) is 5.73. The first-order chi connectivity index (χ1) is 8.85. The summed E-state index contributed by atoms with van der Waals surface area (Å²) in [6.45, 7) is 1.36. The van der Waals surface area contributed by atoms with Gasteiger partial charge in [-0.15, -0.1) is 0 Å². The third kappa shape index (κ3) is 2.13. The quantitative estimate of drug-likeness (QED) is 0.760. The molecule has 3 rings (SSSR count). The van der Waals surface area contributed by atoms with Crippen LogP contribution in [-0.2, 0) is 13.1 Å². The molecule has 0 saturated heterocycles. The average molecular weight is 237 g/mol. The van der Waals surface area contributed by atoms with E-state index >= 15 is 0 Å². The Labute approximate surface area is 106 Å². The molecule has 90 valence electrons. The second-order valence-electron chi connectivity index (χ2n) is 4.41. The van der Waals surface area contributed by atoms with Crippen molar-refractivity contribution in [2.75, 3.05) is 0 Å². The molecule has 18 heavy (non-hydrogen) atoms. The van der Waals surface area contributed by atoms with Crippen molar-refractivity contribution in [2.45, 2.75) is 13.1 Å². The van der Waals surface area contributed by atoms with Gasteiger partial charge >= 0.3 is 0 Å². The van der Waals surface area contributed by atoms with E-state index in [1.54, 1.807) is 0 Å². The minimum atomic E-state index is 0.557. The van der Waals surface area contributed by atoms with E-state index in [1.165, 1.54) is 5.56 Å². The Hall–Kier alpha value is -2.13. The number of benzene rings is 2. The highest BCUT2D eigenvalue weighted by Crippen LogP contribution is 2.15. The Kier molecular flexibility index (Phi) is 2.82. The Morgan fingerprint density at radius 3 is 2.61 bits per heavy atom. The molecule has 0 saturated carbocycles. The molecular formula is C15H15N3. The van der Waals surface area contributed by atoms with Crippen LogP contribution in [0.3, 0.4) is 0 Å². The fourth-order valence-electron chi connectivity index (χ4n) is 2.09. The lowest BCUT2D eigenvalue weighted by Gasteiger charge is -2.00. The van der Waals surface area contributed by atoms with Gasteiger partial charge in [-0.1, -0.05) is 42.5 Å². The van der Waals surface area contributed by atoms with E-state index in [0.29, 0.717) is 6.54 Å². The third-order valence-electron chi connectivity index (χ3n) is 3.04. The maximum Gasteiger partial charge on any atom is 0.0926 e. The van der Waals surface area contributed by atoms with Crippen molar-refractivity contribution in [1.29, 1.82) is 0 Å². The molecule has 1 heterocycles. The molecule has 0 radical (unpaired) electrons. The number of hydrogen-bond donors (Lipinski definition) is 1. The largest absolute Gasteiger partial charge is 0.326 e. The van der Waals surface area contributed by atoms with E-state index in [9.17, 15) is 0 Å². The Bertz CT molecular complexity index is 656. The first kappa shape index (κ1) is 11.0. The van der Waals surface area contributed by atoms with Gasteiger partial charge in [0.05, 0.1) is 12.1 Å². The van der Waals surface area contributed by atoms with Crippen LogP contribution >= 0.6 is 0 Å². The first-order valence-electron chi connectivity index (χ1n) is 6.05. The van der Waals surface area contributed by atoms with Crippen LogP contribution in [0.2, 0.25) is 0 Å². The van der Waals surface area contributed by atoms with Crippen molar-refractivity contribution in [3.63, 3.8) is 0 Å². The third-order valence-corrected chi connectivity index (χ3v) is 3.04. The SMILES string of the molecule is NCc1ccc2cn(Cc3ccccc3)nc2c1. The molecule has 3 heteroatoms. The smallest absolute Gasteiger partial charge is 0.0926 e. The zero-order chi connectivity index (χ0) is 12.4. The topological polar surface area (TPSA) is 43.8 Å². The second kappa shape index (κ2) is 4.63. The van der Waals surface area contributed by atoms with Gasteiger partial charge in [-0.3, -0.25) is 4.68 Å².